The second kappa shape index (κ2) is 8.43. The molecule has 0 aliphatic rings. The van der Waals surface area contributed by atoms with Gasteiger partial charge in [0.2, 0.25) is 5.91 Å². The van der Waals surface area contributed by atoms with Crippen LogP contribution in [0, 0.1) is 13.8 Å². The number of benzene rings is 2. The average Bonchev–Trinajstić information content (AvgIpc) is 2.63. The summed E-state index contributed by atoms with van der Waals surface area (Å²) in [4.78, 5) is 16.3. The SMILES string of the molecule is Cc1ccc(CCC(=O)Nc2ccc(Cc3ccncc3)cc2)c(C)c1. The Morgan fingerprint density at radius 1 is 0.923 bits per heavy atom. The highest BCUT2D eigenvalue weighted by atomic mass is 16.1. The highest BCUT2D eigenvalue weighted by Gasteiger charge is 2.06. The Morgan fingerprint density at radius 3 is 2.31 bits per heavy atom. The molecule has 3 nitrogen and oxygen atoms in total. The van der Waals surface area contributed by atoms with Gasteiger partial charge in [0.1, 0.15) is 0 Å². The summed E-state index contributed by atoms with van der Waals surface area (Å²) >= 11 is 0. The van der Waals surface area contributed by atoms with E-state index in [-0.39, 0.29) is 5.91 Å². The molecule has 0 aliphatic heterocycles. The van der Waals surface area contributed by atoms with Crippen LogP contribution in [-0.2, 0) is 17.6 Å². The van der Waals surface area contributed by atoms with Gasteiger partial charge in [0.15, 0.2) is 0 Å². The van der Waals surface area contributed by atoms with Crippen molar-refractivity contribution in [2.75, 3.05) is 5.32 Å². The number of anilines is 1. The van der Waals surface area contributed by atoms with Gasteiger partial charge in [0, 0.05) is 24.5 Å². The standard InChI is InChI=1S/C23H24N2O/c1-17-3-6-21(18(2)15-17)7-10-23(26)25-22-8-4-19(5-9-22)16-20-11-13-24-14-12-20/h3-6,8-9,11-15H,7,10,16H2,1-2H3,(H,25,26). The predicted octanol–water partition coefficient (Wildman–Crippen LogP) is 4.86. The summed E-state index contributed by atoms with van der Waals surface area (Å²) < 4.78 is 0. The third kappa shape index (κ3) is 5.03. The molecule has 0 spiro atoms. The van der Waals surface area contributed by atoms with Gasteiger partial charge in [-0.3, -0.25) is 9.78 Å². The Labute approximate surface area is 155 Å². The van der Waals surface area contributed by atoms with Crippen molar-refractivity contribution in [2.24, 2.45) is 0 Å². The Bertz CT molecular complexity index is 870. The van der Waals surface area contributed by atoms with Gasteiger partial charge in [-0.05, 0) is 73.2 Å². The van der Waals surface area contributed by atoms with Gasteiger partial charge >= 0.3 is 0 Å². The highest BCUT2D eigenvalue weighted by Crippen LogP contribution is 2.15. The average molecular weight is 344 g/mol. The van der Waals surface area contributed by atoms with E-state index in [0.29, 0.717) is 6.42 Å². The summed E-state index contributed by atoms with van der Waals surface area (Å²) in [7, 11) is 0. The lowest BCUT2D eigenvalue weighted by Crippen LogP contribution is -2.12. The lowest BCUT2D eigenvalue weighted by Gasteiger charge is -2.09. The molecule has 2 aromatic carbocycles. The molecule has 3 aromatic rings. The van der Waals surface area contributed by atoms with E-state index in [2.05, 4.69) is 54.5 Å². The Hall–Kier alpha value is -2.94. The molecular formula is C23H24N2O. The fourth-order valence-corrected chi connectivity index (χ4v) is 3.04. The first-order chi connectivity index (χ1) is 12.6. The first-order valence-electron chi connectivity index (χ1n) is 8.94. The maximum atomic E-state index is 12.2. The molecule has 1 N–H and O–H groups in total. The van der Waals surface area contributed by atoms with Crippen molar-refractivity contribution in [3.8, 4) is 0 Å². The lowest BCUT2D eigenvalue weighted by molar-refractivity contribution is -0.116. The third-order valence-electron chi connectivity index (χ3n) is 4.51. The minimum Gasteiger partial charge on any atom is -0.326 e. The minimum atomic E-state index is 0.0480. The molecule has 0 radical (unpaired) electrons. The van der Waals surface area contributed by atoms with E-state index in [1.807, 2.05) is 24.3 Å². The van der Waals surface area contributed by atoms with E-state index in [9.17, 15) is 4.79 Å². The molecule has 1 amide bonds. The van der Waals surface area contributed by atoms with Crippen LogP contribution in [0.3, 0.4) is 0 Å². The van der Waals surface area contributed by atoms with E-state index in [1.165, 1.54) is 27.8 Å². The van der Waals surface area contributed by atoms with Gasteiger partial charge in [0.25, 0.3) is 0 Å². The van der Waals surface area contributed by atoms with E-state index in [1.54, 1.807) is 12.4 Å². The number of nitrogens with one attached hydrogen (secondary N) is 1. The molecule has 1 heterocycles. The molecular weight excluding hydrogens is 320 g/mol. The lowest BCUT2D eigenvalue weighted by atomic mass is 10.0. The number of carbonyl (C=O) groups is 1. The second-order valence-electron chi connectivity index (χ2n) is 6.71. The number of carbonyl (C=O) groups excluding carboxylic acids is 1. The predicted molar refractivity (Wildman–Crippen MR) is 106 cm³/mol. The number of amides is 1. The second-order valence-corrected chi connectivity index (χ2v) is 6.71. The van der Waals surface area contributed by atoms with Crippen LogP contribution in [0.25, 0.3) is 0 Å². The van der Waals surface area contributed by atoms with Crippen LogP contribution in [0.2, 0.25) is 0 Å². The number of aryl methyl sites for hydroxylation is 3. The molecule has 0 unspecified atom stereocenters. The fraction of sp³-hybridized carbons (Fsp3) is 0.217. The number of rotatable bonds is 6. The van der Waals surface area contributed by atoms with Crippen molar-refractivity contribution in [1.82, 2.24) is 4.98 Å². The first kappa shape index (κ1) is 17.9. The summed E-state index contributed by atoms with van der Waals surface area (Å²) in [5, 5.41) is 2.99. The van der Waals surface area contributed by atoms with Crippen molar-refractivity contribution >= 4 is 11.6 Å². The number of nitrogens with zero attached hydrogens (tertiary/aromatic N) is 1. The molecule has 0 saturated heterocycles. The zero-order valence-corrected chi connectivity index (χ0v) is 15.3. The molecule has 1 aromatic heterocycles. The quantitative estimate of drug-likeness (QED) is 0.694. The van der Waals surface area contributed by atoms with Crippen LogP contribution in [0.5, 0.6) is 0 Å². The number of hydrogen-bond acceptors (Lipinski definition) is 2. The highest BCUT2D eigenvalue weighted by molar-refractivity contribution is 5.90. The molecule has 0 saturated carbocycles. The van der Waals surface area contributed by atoms with Crippen molar-refractivity contribution in [1.29, 1.82) is 0 Å². The molecule has 26 heavy (non-hydrogen) atoms. The van der Waals surface area contributed by atoms with Crippen LogP contribution in [0.15, 0.2) is 67.0 Å². The Balaban J connectivity index is 1.52. The smallest absolute Gasteiger partial charge is 0.224 e. The summed E-state index contributed by atoms with van der Waals surface area (Å²) in [6.07, 6.45) is 5.73. The summed E-state index contributed by atoms with van der Waals surface area (Å²) in [5.41, 5.74) is 7.02. The molecule has 0 atom stereocenters. The van der Waals surface area contributed by atoms with Gasteiger partial charge in [-0.15, -0.1) is 0 Å². The van der Waals surface area contributed by atoms with Gasteiger partial charge in [0.05, 0.1) is 0 Å². The minimum absolute atomic E-state index is 0.0480. The van der Waals surface area contributed by atoms with E-state index in [4.69, 9.17) is 0 Å². The van der Waals surface area contributed by atoms with E-state index >= 15 is 0 Å². The van der Waals surface area contributed by atoms with Crippen molar-refractivity contribution < 1.29 is 4.79 Å². The summed E-state index contributed by atoms with van der Waals surface area (Å²) in [5.74, 6) is 0.0480. The molecule has 0 bridgehead atoms. The molecule has 0 fully saturated rings. The molecule has 0 aliphatic carbocycles. The molecule has 132 valence electrons. The van der Waals surface area contributed by atoms with E-state index in [0.717, 1.165) is 18.5 Å². The van der Waals surface area contributed by atoms with Crippen LogP contribution in [0.1, 0.15) is 34.2 Å². The zero-order valence-electron chi connectivity index (χ0n) is 15.3. The van der Waals surface area contributed by atoms with Crippen LogP contribution in [-0.4, -0.2) is 10.9 Å². The monoisotopic (exact) mass is 344 g/mol. The van der Waals surface area contributed by atoms with Crippen molar-refractivity contribution in [2.45, 2.75) is 33.1 Å². The maximum Gasteiger partial charge on any atom is 0.224 e. The van der Waals surface area contributed by atoms with Gasteiger partial charge in [-0.1, -0.05) is 35.9 Å². The Kier molecular flexibility index (Phi) is 5.80. The summed E-state index contributed by atoms with van der Waals surface area (Å²) in [6.45, 7) is 4.18. The van der Waals surface area contributed by atoms with Crippen LogP contribution in [0.4, 0.5) is 5.69 Å². The van der Waals surface area contributed by atoms with E-state index < -0.39 is 0 Å². The van der Waals surface area contributed by atoms with Gasteiger partial charge in [-0.25, -0.2) is 0 Å². The topological polar surface area (TPSA) is 42.0 Å². The number of hydrogen-bond donors (Lipinski definition) is 1. The fourth-order valence-electron chi connectivity index (χ4n) is 3.04. The van der Waals surface area contributed by atoms with Crippen molar-refractivity contribution in [3.05, 3.63) is 94.8 Å². The first-order valence-corrected chi connectivity index (χ1v) is 8.94. The number of pyridine rings is 1. The molecule has 3 rings (SSSR count). The van der Waals surface area contributed by atoms with Crippen LogP contribution >= 0.6 is 0 Å². The maximum absolute atomic E-state index is 12.2. The number of aromatic nitrogens is 1. The third-order valence-corrected chi connectivity index (χ3v) is 4.51. The normalized spacial score (nSPS) is 10.5. The van der Waals surface area contributed by atoms with Gasteiger partial charge in [-0.2, -0.15) is 0 Å². The summed E-state index contributed by atoms with van der Waals surface area (Å²) in [6, 6.07) is 18.4. The van der Waals surface area contributed by atoms with Gasteiger partial charge < -0.3 is 5.32 Å². The molecule has 3 heteroatoms. The zero-order chi connectivity index (χ0) is 18.4. The Morgan fingerprint density at radius 2 is 1.62 bits per heavy atom. The van der Waals surface area contributed by atoms with Crippen LogP contribution < -0.4 is 5.32 Å². The van der Waals surface area contributed by atoms with Crippen molar-refractivity contribution in [3.63, 3.8) is 0 Å². The largest absolute Gasteiger partial charge is 0.326 e.